The van der Waals surface area contributed by atoms with Crippen LogP contribution in [0.5, 0.6) is 0 Å². The summed E-state index contributed by atoms with van der Waals surface area (Å²) in [6.07, 6.45) is 0. The molecule has 0 bridgehead atoms. The summed E-state index contributed by atoms with van der Waals surface area (Å²) in [5.41, 5.74) is 14.7. The molecule has 0 radical (unpaired) electrons. The van der Waals surface area contributed by atoms with Crippen LogP contribution >= 0.6 is 0 Å². The molecule has 342 valence electrons. The standard InChI is InChI=1S/C68H52N2Si2/c1-71(2)63-29-15-11-25-59(63)69(60-26-12-16-30-64(60)71)51-38-40-56-57(43-51)67(50-36-34-46-20-6-8-22-48(46)42-50)55-39-37-52(70-61-27-13-17-31-65(61)72(3,4)66-32-18-14-28-62(66)70)44-58(55)68(56)54-24-10-9-23-53(54)49-35-33-45-19-5-7-21-47(45)41-49/h5-44H,1-4H3. The van der Waals surface area contributed by atoms with Gasteiger partial charge in [0.05, 0.1) is 0 Å². The van der Waals surface area contributed by atoms with E-state index in [2.05, 4.69) is 279 Å². The molecular weight excluding hydrogens is 901 g/mol. The molecule has 2 heterocycles. The molecule has 2 aliphatic rings. The lowest BCUT2D eigenvalue weighted by Gasteiger charge is -2.41. The quantitative estimate of drug-likeness (QED) is 0.125. The fourth-order valence-corrected chi connectivity index (χ4v) is 18.6. The Morgan fingerprint density at radius 3 is 1.11 bits per heavy atom. The van der Waals surface area contributed by atoms with Gasteiger partial charge in [-0.1, -0.05) is 208 Å². The molecule has 72 heavy (non-hydrogen) atoms. The van der Waals surface area contributed by atoms with E-state index in [4.69, 9.17) is 0 Å². The first kappa shape index (κ1) is 42.6. The average Bonchev–Trinajstić information content (AvgIpc) is 3.42. The lowest BCUT2D eigenvalue weighted by Crippen LogP contribution is -2.58. The molecule has 0 saturated heterocycles. The normalized spacial score (nSPS) is 14.3. The molecule has 0 unspecified atom stereocenters. The summed E-state index contributed by atoms with van der Waals surface area (Å²) in [6.45, 7) is 10.0. The van der Waals surface area contributed by atoms with Crippen molar-refractivity contribution in [3.63, 3.8) is 0 Å². The van der Waals surface area contributed by atoms with Crippen LogP contribution in [0.4, 0.5) is 34.1 Å². The van der Waals surface area contributed by atoms with E-state index in [1.165, 1.54) is 120 Å². The van der Waals surface area contributed by atoms with Crippen molar-refractivity contribution in [2.75, 3.05) is 9.80 Å². The van der Waals surface area contributed by atoms with Crippen molar-refractivity contribution in [3.8, 4) is 33.4 Å². The van der Waals surface area contributed by atoms with Gasteiger partial charge in [0, 0.05) is 34.1 Å². The summed E-state index contributed by atoms with van der Waals surface area (Å²) >= 11 is 0. The third-order valence-electron chi connectivity index (χ3n) is 16.2. The Balaban J connectivity index is 1.12. The zero-order valence-electron chi connectivity index (χ0n) is 41.0. The third kappa shape index (κ3) is 6.39. The van der Waals surface area contributed by atoms with Crippen molar-refractivity contribution in [3.05, 3.63) is 243 Å². The molecule has 12 aromatic rings. The predicted molar refractivity (Wildman–Crippen MR) is 316 cm³/mol. The second-order valence-electron chi connectivity index (χ2n) is 20.9. The van der Waals surface area contributed by atoms with Crippen molar-refractivity contribution < 1.29 is 0 Å². The first-order valence-corrected chi connectivity index (χ1v) is 31.3. The highest BCUT2D eigenvalue weighted by atomic mass is 28.3. The van der Waals surface area contributed by atoms with Gasteiger partial charge in [-0.15, -0.1) is 0 Å². The molecule has 0 saturated carbocycles. The summed E-state index contributed by atoms with van der Waals surface area (Å²) in [5, 5.41) is 15.7. The molecule has 12 aromatic carbocycles. The lowest BCUT2D eigenvalue weighted by atomic mass is 9.83. The summed E-state index contributed by atoms with van der Waals surface area (Å²) in [7, 11) is -4.03. The van der Waals surface area contributed by atoms with Crippen LogP contribution in [0.25, 0.3) is 76.5 Å². The SMILES string of the molecule is C[Si]1(C)c2ccccc2N(c2ccc3c(-c4ccccc4-c4ccc5ccccc5c4)c4cc(N5c6ccccc6[Si](C)(C)c6ccccc65)ccc4c(-c4ccc5ccccc5c4)c3c2)c2ccccc21. The Bertz CT molecular complexity index is 4110. The van der Waals surface area contributed by atoms with Crippen LogP contribution in [0, 0.1) is 0 Å². The number of benzene rings is 12. The molecule has 0 amide bonds. The average molecular weight is 953 g/mol. The molecule has 0 aromatic heterocycles. The van der Waals surface area contributed by atoms with Gasteiger partial charge in [-0.2, -0.15) is 0 Å². The van der Waals surface area contributed by atoms with E-state index in [0.717, 1.165) is 11.4 Å². The second kappa shape index (κ2) is 16.1. The fourth-order valence-electron chi connectivity index (χ4n) is 12.6. The highest BCUT2D eigenvalue weighted by molar-refractivity contribution is 7.03. The van der Waals surface area contributed by atoms with Crippen LogP contribution in [0.15, 0.2) is 243 Å². The van der Waals surface area contributed by atoms with Crippen molar-refractivity contribution in [1.29, 1.82) is 0 Å². The number of hydrogen-bond donors (Lipinski definition) is 0. The predicted octanol–water partition coefficient (Wildman–Crippen LogP) is 16.5. The Labute approximate surface area is 423 Å². The van der Waals surface area contributed by atoms with Gasteiger partial charge in [0.1, 0.15) is 16.1 Å². The maximum atomic E-state index is 2.54. The number of hydrogen-bond acceptors (Lipinski definition) is 2. The molecule has 0 aliphatic carbocycles. The van der Waals surface area contributed by atoms with E-state index in [1.54, 1.807) is 0 Å². The van der Waals surface area contributed by atoms with Gasteiger partial charge in [-0.3, -0.25) is 0 Å². The monoisotopic (exact) mass is 952 g/mol. The van der Waals surface area contributed by atoms with Gasteiger partial charge in [0.2, 0.25) is 0 Å². The maximum Gasteiger partial charge on any atom is 0.117 e. The van der Waals surface area contributed by atoms with Crippen LogP contribution in [0.1, 0.15) is 0 Å². The number of nitrogens with zero attached hydrogens (tertiary/aromatic N) is 2. The summed E-state index contributed by atoms with van der Waals surface area (Å²) < 4.78 is 0. The van der Waals surface area contributed by atoms with Gasteiger partial charge in [-0.25, -0.2) is 0 Å². The van der Waals surface area contributed by atoms with Crippen molar-refractivity contribution in [2.45, 2.75) is 26.2 Å². The third-order valence-corrected chi connectivity index (χ3v) is 23.2. The molecule has 4 heteroatoms. The smallest absolute Gasteiger partial charge is 0.117 e. The van der Waals surface area contributed by atoms with Gasteiger partial charge in [0.25, 0.3) is 0 Å². The largest absolute Gasteiger partial charge is 0.311 e. The van der Waals surface area contributed by atoms with Crippen LogP contribution in [-0.4, -0.2) is 16.1 Å². The van der Waals surface area contributed by atoms with Crippen molar-refractivity contribution in [1.82, 2.24) is 0 Å². The summed E-state index contributed by atoms with van der Waals surface area (Å²) in [5.74, 6) is 0. The van der Waals surface area contributed by atoms with E-state index in [1.807, 2.05) is 0 Å². The molecule has 2 nitrogen and oxygen atoms in total. The highest BCUT2D eigenvalue weighted by Gasteiger charge is 2.40. The molecule has 2 aliphatic heterocycles. The van der Waals surface area contributed by atoms with Gasteiger partial charge in [-0.05, 0) is 158 Å². The van der Waals surface area contributed by atoms with Crippen molar-refractivity contribution >= 4 is 114 Å². The van der Waals surface area contributed by atoms with E-state index >= 15 is 0 Å². The molecule has 14 rings (SSSR count). The van der Waals surface area contributed by atoms with Crippen molar-refractivity contribution in [2.24, 2.45) is 0 Å². The van der Waals surface area contributed by atoms with E-state index < -0.39 is 16.1 Å². The topological polar surface area (TPSA) is 6.48 Å². The summed E-state index contributed by atoms with van der Waals surface area (Å²) in [4.78, 5) is 5.08. The van der Waals surface area contributed by atoms with Gasteiger partial charge < -0.3 is 9.80 Å². The fraction of sp³-hybridized carbons (Fsp3) is 0.0588. The van der Waals surface area contributed by atoms with Gasteiger partial charge in [0.15, 0.2) is 0 Å². The maximum absolute atomic E-state index is 2.54. The Kier molecular flexibility index (Phi) is 9.54. The number of anilines is 6. The molecule has 0 spiro atoms. The summed E-state index contributed by atoms with van der Waals surface area (Å²) in [6, 6.07) is 91.9. The van der Waals surface area contributed by atoms with Crippen LogP contribution in [0.3, 0.4) is 0 Å². The molecular formula is C68H52N2Si2. The minimum absolute atomic E-state index is 1.16. The minimum Gasteiger partial charge on any atom is -0.311 e. The molecule has 0 fully saturated rings. The van der Waals surface area contributed by atoms with Crippen LogP contribution in [0.2, 0.25) is 26.2 Å². The Hall–Kier alpha value is -8.29. The lowest BCUT2D eigenvalue weighted by molar-refractivity contribution is 1.29. The number of para-hydroxylation sites is 4. The van der Waals surface area contributed by atoms with Crippen LogP contribution in [-0.2, 0) is 0 Å². The first-order chi connectivity index (χ1) is 35.2. The second-order valence-corrected chi connectivity index (χ2v) is 29.5. The number of fused-ring (bicyclic) bond motifs is 8. The van der Waals surface area contributed by atoms with Gasteiger partial charge >= 0.3 is 0 Å². The van der Waals surface area contributed by atoms with E-state index in [-0.39, 0.29) is 0 Å². The molecule has 0 N–H and O–H groups in total. The Morgan fingerprint density at radius 1 is 0.264 bits per heavy atom. The molecule has 0 atom stereocenters. The first-order valence-electron chi connectivity index (χ1n) is 25.3. The minimum atomic E-state index is -2.02. The zero-order valence-corrected chi connectivity index (χ0v) is 43.0. The highest BCUT2D eigenvalue weighted by Crippen LogP contribution is 2.51. The van der Waals surface area contributed by atoms with E-state index in [9.17, 15) is 0 Å². The van der Waals surface area contributed by atoms with Crippen LogP contribution < -0.4 is 30.5 Å². The number of rotatable bonds is 5. The van der Waals surface area contributed by atoms with E-state index in [0.29, 0.717) is 0 Å². The Morgan fingerprint density at radius 2 is 0.625 bits per heavy atom. The zero-order chi connectivity index (χ0) is 48.3.